The first-order valence-corrected chi connectivity index (χ1v) is 4.56. The van der Waals surface area contributed by atoms with Gasteiger partial charge < -0.3 is 5.11 Å². The molecular weight excluding hydrogens is 207 g/mol. The first kappa shape index (κ1) is 11.0. The number of hydrogen-bond donors (Lipinski definition) is 1. The number of carboxylic acids is 1. The predicted octanol–water partition coefficient (Wildman–Crippen LogP) is 3.16. The molecule has 0 spiro atoms. The molecule has 0 aromatic rings. The van der Waals surface area contributed by atoms with Crippen molar-refractivity contribution in [3.63, 3.8) is 0 Å². The maximum Gasteiger partial charge on any atom is 0.335 e. The summed E-state index contributed by atoms with van der Waals surface area (Å²) in [7, 11) is 0. The molecule has 0 unspecified atom stereocenters. The fourth-order valence-corrected chi connectivity index (χ4v) is 1.31. The summed E-state index contributed by atoms with van der Waals surface area (Å²) in [6.45, 7) is 1.73. The van der Waals surface area contributed by atoms with Crippen LogP contribution in [-0.4, -0.2) is 11.1 Å². The van der Waals surface area contributed by atoms with E-state index in [1.807, 2.05) is 0 Å². The summed E-state index contributed by atoms with van der Waals surface area (Å²) in [5.41, 5.74) is 0.689. The van der Waals surface area contributed by atoms with E-state index in [9.17, 15) is 9.18 Å². The van der Waals surface area contributed by atoms with Gasteiger partial charge in [-0.3, -0.25) is 0 Å². The molecule has 0 radical (unpaired) electrons. The van der Waals surface area contributed by atoms with Gasteiger partial charge in [0.1, 0.15) is 5.83 Å². The quantitative estimate of drug-likeness (QED) is 0.731. The van der Waals surface area contributed by atoms with Crippen LogP contribution in [0.5, 0.6) is 0 Å². The molecule has 0 fully saturated rings. The molecule has 76 valence electrons. The molecule has 0 amide bonds. The molecular formula is C10H10ClFO2. The lowest BCUT2D eigenvalue weighted by Gasteiger charge is -2.06. The smallest absolute Gasteiger partial charge is 0.335 e. The van der Waals surface area contributed by atoms with Crippen LogP contribution in [0.2, 0.25) is 0 Å². The molecule has 0 saturated carbocycles. The Hall–Kier alpha value is -1.09. The van der Waals surface area contributed by atoms with Crippen LogP contribution in [0.4, 0.5) is 4.39 Å². The molecule has 0 atom stereocenters. The van der Waals surface area contributed by atoms with Crippen LogP contribution in [0.15, 0.2) is 34.2 Å². The van der Waals surface area contributed by atoms with Crippen molar-refractivity contribution in [2.45, 2.75) is 19.8 Å². The summed E-state index contributed by atoms with van der Waals surface area (Å²) in [5, 5.41) is 8.71. The van der Waals surface area contributed by atoms with Gasteiger partial charge >= 0.3 is 5.97 Å². The normalized spacial score (nSPS) is 18.2. The summed E-state index contributed by atoms with van der Waals surface area (Å²) in [5.74, 6) is -1.82. The van der Waals surface area contributed by atoms with E-state index in [1.165, 1.54) is 6.08 Å². The van der Waals surface area contributed by atoms with Crippen LogP contribution in [0.25, 0.3) is 0 Å². The third kappa shape index (κ3) is 2.45. The van der Waals surface area contributed by atoms with Gasteiger partial charge in [-0.25, -0.2) is 9.18 Å². The monoisotopic (exact) mass is 216 g/mol. The molecule has 1 N–H and O–H groups in total. The van der Waals surface area contributed by atoms with Crippen LogP contribution in [0, 0.1) is 0 Å². The molecule has 1 aliphatic carbocycles. The maximum atomic E-state index is 13.2. The van der Waals surface area contributed by atoms with Crippen LogP contribution < -0.4 is 0 Å². The second-order valence-electron chi connectivity index (χ2n) is 3.09. The Morgan fingerprint density at radius 3 is 2.86 bits per heavy atom. The number of halogens is 2. The van der Waals surface area contributed by atoms with Crippen LogP contribution in [0.3, 0.4) is 0 Å². The lowest BCUT2D eigenvalue weighted by molar-refractivity contribution is -0.132. The van der Waals surface area contributed by atoms with Crippen molar-refractivity contribution in [1.82, 2.24) is 0 Å². The third-order valence-electron chi connectivity index (χ3n) is 2.00. The predicted molar refractivity (Wildman–Crippen MR) is 52.7 cm³/mol. The fraction of sp³-hybridized carbons (Fsp3) is 0.300. The van der Waals surface area contributed by atoms with E-state index in [4.69, 9.17) is 16.7 Å². The molecule has 0 aromatic heterocycles. The zero-order chi connectivity index (χ0) is 10.7. The van der Waals surface area contributed by atoms with E-state index in [-0.39, 0.29) is 10.6 Å². The van der Waals surface area contributed by atoms with Gasteiger partial charge in [0.2, 0.25) is 0 Å². The third-order valence-corrected chi connectivity index (χ3v) is 2.50. The van der Waals surface area contributed by atoms with Crippen LogP contribution in [-0.2, 0) is 4.79 Å². The van der Waals surface area contributed by atoms with Gasteiger partial charge in [0.25, 0.3) is 0 Å². The molecule has 0 heterocycles. The minimum Gasteiger partial charge on any atom is -0.478 e. The SMILES string of the molecule is CC1=C(Cl)C(F)=CC(C(=O)O)=CCC1. The highest BCUT2D eigenvalue weighted by molar-refractivity contribution is 6.32. The Labute approximate surface area is 86.4 Å². The highest BCUT2D eigenvalue weighted by Crippen LogP contribution is 2.27. The summed E-state index contributed by atoms with van der Waals surface area (Å²) in [6, 6.07) is 0. The first-order chi connectivity index (χ1) is 6.52. The van der Waals surface area contributed by atoms with Gasteiger partial charge in [0.15, 0.2) is 0 Å². The van der Waals surface area contributed by atoms with Crippen molar-refractivity contribution >= 4 is 17.6 Å². The maximum absolute atomic E-state index is 13.2. The van der Waals surface area contributed by atoms with Crippen molar-refractivity contribution in [1.29, 1.82) is 0 Å². The van der Waals surface area contributed by atoms with Crippen molar-refractivity contribution in [3.05, 3.63) is 34.2 Å². The molecule has 0 aromatic carbocycles. The standard InChI is InChI=1S/C10H10ClFO2/c1-6-3-2-4-7(10(13)14)5-8(12)9(6)11/h4-5H,2-3H2,1H3,(H,13,14). The van der Waals surface area contributed by atoms with Crippen molar-refractivity contribution < 1.29 is 14.3 Å². The molecule has 0 aliphatic heterocycles. The topological polar surface area (TPSA) is 37.3 Å². The van der Waals surface area contributed by atoms with Crippen molar-refractivity contribution in [2.24, 2.45) is 0 Å². The lowest BCUT2D eigenvalue weighted by atomic mass is 10.0. The Kier molecular flexibility index (Phi) is 3.47. The van der Waals surface area contributed by atoms with E-state index in [2.05, 4.69) is 0 Å². The summed E-state index contributed by atoms with van der Waals surface area (Å²) >= 11 is 5.68. The van der Waals surface area contributed by atoms with Gasteiger partial charge in [-0.1, -0.05) is 23.3 Å². The van der Waals surface area contributed by atoms with Crippen molar-refractivity contribution in [2.75, 3.05) is 0 Å². The largest absolute Gasteiger partial charge is 0.478 e. The van der Waals surface area contributed by atoms with Crippen LogP contribution >= 0.6 is 11.6 Å². The highest BCUT2D eigenvalue weighted by Gasteiger charge is 2.12. The zero-order valence-corrected chi connectivity index (χ0v) is 8.44. The van der Waals surface area contributed by atoms with Gasteiger partial charge in [0, 0.05) is 0 Å². The number of allylic oxidation sites excluding steroid dienone is 4. The second-order valence-corrected chi connectivity index (χ2v) is 3.47. The Balaban J connectivity index is 3.10. The number of hydrogen-bond acceptors (Lipinski definition) is 1. The van der Waals surface area contributed by atoms with Crippen molar-refractivity contribution in [3.8, 4) is 0 Å². The number of rotatable bonds is 1. The number of carbonyl (C=O) groups is 1. The fourth-order valence-electron chi connectivity index (χ4n) is 1.17. The molecule has 14 heavy (non-hydrogen) atoms. The zero-order valence-electron chi connectivity index (χ0n) is 7.68. The Bertz CT molecular complexity index is 353. The number of aliphatic carboxylic acids is 1. The average molecular weight is 217 g/mol. The molecule has 0 bridgehead atoms. The Morgan fingerprint density at radius 2 is 2.29 bits per heavy atom. The molecule has 1 rings (SSSR count). The summed E-state index contributed by atoms with van der Waals surface area (Å²) in [4.78, 5) is 10.6. The van der Waals surface area contributed by atoms with Crippen LogP contribution in [0.1, 0.15) is 19.8 Å². The van der Waals surface area contributed by atoms with E-state index in [0.29, 0.717) is 12.8 Å². The van der Waals surface area contributed by atoms with Gasteiger partial charge in [0.05, 0.1) is 10.6 Å². The van der Waals surface area contributed by atoms with E-state index in [1.54, 1.807) is 6.92 Å². The first-order valence-electron chi connectivity index (χ1n) is 4.18. The number of carboxylic acid groups (broad SMARTS) is 1. The summed E-state index contributed by atoms with van der Waals surface area (Å²) < 4.78 is 13.2. The van der Waals surface area contributed by atoms with Gasteiger partial charge in [-0.15, -0.1) is 0 Å². The molecule has 4 heteroatoms. The molecule has 0 saturated heterocycles. The van der Waals surface area contributed by atoms with E-state index in [0.717, 1.165) is 11.6 Å². The van der Waals surface area contributed by atoms with E-state index < -0.39 is 11.8 Å². The minimum atomic E-state index is -1.14. The van der Waals surface area contributed by atoms with Gasteiger partial charge in [-0.05, 0) is 25.8 Å². The van der Waals surface area contributed by atoms with E-state index >= 15 is 0 Å². The second kappa shape index (κ2) is 4.42. The lowest BCUT2D eigenvalue weighted by Crippen LogP contribution is -2.00. The minimum absolute atomic E-state index is 0.0249. The molecule has 1 aliphatic rings. The van der Waals surface area contributed by atoms with Gasteiger partial charge in [-0.2, -0.15) is 0 Å². The highest BCUT2D eigenvalue weighted by atomic mass is 35.5. The average Bonchev–Trinajstić information content (AvgIpc) is 2.12. The molecule has 2 nitrogen and oxygen atoms in total. The summed E-state index contributed by atoms with van der Waals surface area (Å²) in [6.07, 6.45) is 3.59. The Morgan fingerprint density at radius 1 is 1.64 bits per heavy atom.